The zero-order valence-electron chi connectivity index (χ0n) is 11.7. The fraction of sp³-hybridized carbons (Fsp3) is 0.0769. The van der Waals surface area contributed by atoms with E-state index in [2.05, 4.69) is 15.1 Å². The number of carboxylic acids is 1. The summed E-state index contributed by atoms with van der Waals surface area (Å²) in [5.41, 5.74) is 9.92. The average Bonchev–Trinajstić information content (AvgIpc) is 2.46. The molecule has 1 aromatic carbocycles. The van der Waals surface area contributed by atoms with Crippen molar-refractivity contribution in [3.05, 3.63) is 35.9 Å². The summed E-state index contributed by atoms with van der Waals surface area (Å²) in [5, 5.41) is 9.18. The van der Waals surface area contributed by atoms with Crippen LogP contribution >= 0.6 is 0 Å². The van der Waals surface area contributed by atoms with Crippen LogP contribution in [-0.2, 0) is 11.0 Å². The van der Waals surface area contributed by atoms with Crippen LogP contribution < -0.4 is 21.7 Å². The third-order valence-electron chi connectivity index (χ3n) is 2.80. The maximum atomic E-state index is 11.3. The fourth-order valence-corrected chi connectivity index (χ4v) is 2.32. The van der Waals surface area contributed by atoms with Gasteiger partial charge in [-0.05, 0) is 30.3 Å². The molecule has 0 aliphatic heterocycles. The van der Waals surface area contributed by atoms with Gasteiger partial charge in [0.25, 0.3) is 0 Å². The van der Waals surface area contributed by atoms with Gasteiger partial charge in [0.15, 0.2) is 5.82 Å². The lowest BCUT2D eigenvalue weighted by molar-refractivity contribution is 0.0697. The van der Waals surface area contributed by atoms with E-state index in [0.29, 0.717) is 22.6 Å². The molecule has 0 saturated heterocycles. The SMILES string of the molecule is CS(=O)Nc1cc(C(=O)O)cc(-c2ccc(N)c(NN)n2)c1. The summed E-state index contributed by atoms with van der Waals surface area (Å²) in [4.78, 5) is 15.4. The number of pyridine rings is 1. The average molecular weight is 321 g/mol. The number of hydrazine groups is 1. The van der Waals surface area contributed by atoms with E-state index in [-0.39, 0.29) is 11.4 Å². The largest absolute Gasteiger partial charge is 0.478 e. The van der Waals surface area contributed by atoms with Crippen LogP contribution in [0.15, 0.2) is 30.3 Å². The van der Waals surface area contributed by atoms with E-state index in [1.54, 1.807) is 18.2 Å². The second-order valence-electron chi connectivity index (χ2n) is 4.44. The van der Waals surface area contributed by atoms with Crippen LogP contribution in [0.2, 0.25) is 0 Å². The van der Waals surface area contributed by atoms with E-state index in [1.165, 1.54) is 18.4 Å². The highest BCUT2D eigenvalue weighted by molar-refractivity contribution is 7.85. The number of carbonyl (C=O) groups is 1. The number of nitrogens with one attached hydrogen (secondary N) is 2. The standard InChI is InChI=1S/C13H15N5O3S/c1-22(21)18-9-5-7(4-8(6-9)13(19)20)11-3-2-10(14)12(16-11)17-15/h2-6,18H,14-15H2,1H3,(H,16,17)(H,19,20). The van der Waals surface area contributed by atoms with Crippen LogP contribution in [0.25, 0.3) is 11.3 Å². The van der Waals surface area contributed by atoms with Gasteiger partial charge in [0.2, 0.25) is 0 Å². The van der Waals surface area contributed by atoms with Gasteiger partial charge in [-0.3, -0.25) is 0 Å². The number of nitrogens with zero attached hydrogens (tertiary/aromatic N) is 1. The molecule has 116 valence electrons. The Morgan fingerprint density at radius 1 is 1.32 bits per heavy atom. The number of hydrogen-bond donors (Lipinski definition) is 5. The van der Waals surface area contributed by atoms with Crippen LogP contribution in [0, 0.1) is 0 Å². The number of hydrogen-bond acceptors (Lipinski definition) is 6. The first kappa shape index (κ1) is 15.7. The number of nitrogen functional groups attached to an aromatic ring is 2. The summed E-state index contributed by atoms with van der Waals surface area (Å²) in [7, 11) is -1.33. The van der Waals surface area contributed by atoms with E-state index < -0.39 is 17.0 Å². The van der Waals surface area contributed by atoms with Gasteiger partial charge in [-0.15, -0.1) is 0 Å². The molecule has 1 atom stereocenters. The topological polar surface area (TPSA) is 143 Å². The Kier molecular flexibility index (Phi) is 4.59. The molecule has 1 unspecified atom stereocenters. The summed E-state index contributed by atoms with van der Waals surface area (Å²) in [6, 6.07) is 7.75. The molecular weight excluding hydrogens is 306 g/mol. The third kappa shape index (κ3) is 3.51. The van der Waals surface area contributed by atoms with Gasteiger partial charge in [-0.2, -0.15) is 0 Å². The first-order chi connectivity index (χ1) is 10.4. The number of benzene rings is 1. The Labute approximate surface area is 129 Å². The number of anilines is 3. The molecule has 2 rings (SSSR count). The third-order valence-corrected chi connectivity index (χ3v) is 3.32. The molecule has 7 N–H and O–H groups in total. The molecule has 0 radical (unpaired) electrons. The van der Waals surface area contributed by atoms with Crippen LogP contribution in [0.5, 0.6) is 0 Å². The number of aromatic nitrogens is 1. The van der Waals surface area contributed by atoms with Crippen molar-refractivity contribution in [1.29, 1.82) is 0 Å². The molecule has 0 bridgehead atoms. The maximum absolute atomic E-state index is 11.3. The second-order valence-corrected chi connectivity index (χ2v) is 5.55. The Morgan fingerprint density at radius 3 is 2.64 bits per heavy atom. The first-order valence-corrected chi connectivity index (χ1v) is 7.68. The highest BCUT2D eigenvalue weighted by Gasteiger charge is 2.11. The van der Waals surface area contributed by atoms with Crippen LogP contribution in [0.4, 0.5) is 17.2 Å². The molecule has 22 heavy (non-hydrogen) atoms. The molecular formula is C13H15N5O3S. The van der Waals surface area contributed by atoms with Gasteiger partial charge < -0.3 is 21.0 Å². The van der Waals surface area contributed by atoms with Crippen molar-refractivity contribution in [2.24, 2.45) is 5.84 Å². The zero-order chi connectivity index (χ0) is 16.3. The van der Waals surface area contributed by atoms with Crippen LogP contribution in [0.3, 0.4) is 0 Å². The quantitative estimate of drug-likeness (QED) is 0.408. The Bertz CT molecular complexity index is 750. The lowest BCUT2D eigenvalue weighted by Gasteiger charge is -2.10. The van der Waals surface area contributed by atoms with Gasteiger partial charge in [-0.25, -0.2) is 19.8 Å². The van der Waals surface area contributed by atoms with Gasteiger partial charge in [-0.1, -0.05) is 0 Å². The lowest BCUT2D eigenvalue weighted by Crippen LogP contribution is -2.11. The first-order valence-electron chi connectivity index (χ1n) is 6.12. The van der Waals surface area contributed by atoms with E-state index in [0.717, 1.165) is 0 Å². The normalized spacial score (nSPS) is 11.7. The van der Waals surface area contributed by atoms with Gasteiger partial charge in [0.1, 0.15) is 11.0 Å². The van der Waals surface area contributed by atoms with Crippen molar-refractivity contribution in [2.75, 3.05) is 22.1 Å². The Morgan fingerprint density at radius 2 is 2.05 bits per heavy atom. The van der Waals surface area contributed by atoms with Gasteiger partial charge in [0.05, 0.1) is 16.9 Å². The van der Waals surface area contributed by atoms with Crippen molar-refractivity contribution in [3.63, 3.8) is 0 Å². The van der Waals surface area contributed by atoms with Crippen LogP contribution in [0.1, 0.15) is 10.4 Å². The van der Waals surface area contributed by atoms with E-state index in [9.17, 15) is 14.1 Å². The minimum atomic E-state index is -1.33. The summed E-state index contributed by atoms with van der Waals surface area (Å²) in [6.07, 6.45) is 1.45. The molecule has 9 heteroatoms. The van der Waals surface area contributed by atoms with Crippen molar-refractivity contribution in [3.8, 4) is 11.3 Å². The number of carboxylic acid groups (broad SMARTS) is 1. The number of nitrogens with two attached hydrogens (primary N) is 2. The monoisotopic (exact) mass is 321 g/mol. The molecule has 0 saturated carbocycles. The summed E-state index contributed by atoms with van der Waals surface area (Å²) >= 11 is 0. The molecule has 8 nitrogen and oxygen atoms in total. The minimum absolute atomic E-state index is 0.0475. The highest BCUT2D eigenvalue weighted by atomic mass is 32.2. The Hall–Kier alpha value is -2.65. The molecule has 0 fully saturated rings. The molecule has 0 aliphatic rings. The second kappa shape index (κ2) is 6.41. The smallest absolute Gasteiger partial charge is 0.335 e. The number of rotatable bonds is 5. The van der Waals surface area contributed by atoms with Crippen molar-refractivity contribution >= 4 is 34.1 Å². The van der Waals surface area contributed by atoms with Crippen molar-refractivity contribution in [2.45, 2.75) is 0 Å². The summed E-state index contributed by atoms with van der Waals surface area (Å²) in [6.45, 7) is 0. The minimum Gasteiger partial charge on any atom is -0.478 e. The lowest BCUT2D eigenvalue weighted by atomic mass is 10.1. The predicted molar refractivity (Wildman–Crippen MR) is 86.5 cm³/mol. The van der Waals surface area contributed by atoms with Crippen molar-refractivity contribution in [1.82, 2.24) is 4.98 Å². The predicted octanol–water partition coefficient (Wildman–Crippen LogP) is 1.02. The molecule has 1 heterocycles. The molecule has 1 aromatic heterocycles. The van der Waals surface area contributed by atoms with Gasteiger partial charge >= 0.3 is 5.97 Å². The summed E-state index contributed by atoms with van der Waals surface area (Å²) in [5.74, 6) is 4.52. The summed E-state index contributed by atoms with van der Waals surface area (Å²) < 4.78 is 13.9. The fourth-order valence-electron chi connectivity index (χ4n) is 1.87. The van der Waals surface area contributed by atoms with Crippen LogP contribution in [-0.4, -0.2) is 26.5 Å². The molecule has 0 spiro atoms. The molecule has 0 aliphatic carbocycles. The number of aromatic carboxylic acids is 1. The van der Waals surface area contributed by atoms with E-state index in [1.807, 2.05) is 0 Å². The van der Waals surface area contributed by atoms with Crippen molar-refractivity contribution < 1.29 is 14.1 Å². The van der Waals surface area contributed by atoms with E-state index in [4.69, 9.17) is 11.6 Å². The maximum Gasteiger partial charge on any atom is 0.335 e. The van der Waals surface area contributed by atoms with E-state index >= 15 is 0 Å². The molecule has 2 aromatic rings. The Balaban J connectivity index is 2.55. The highest BCUT2D eigenvalue weighted by Crippen LogP contribution is 2.27. The molecule has 0 amide bonds. The zero-order valence-corrected chi connectivity index (χ0v) is 12.5. The van der Waals surface area contributed by atoms with Gasteiger partial charge in [0, 0.05) is 17.5 Å².